The van der Waals surface area contributed by atoms with Crippen LogP contribution in [0.25, 0.3) is 33.3 Å². The number of benzene rings is 3. The fraction of sp³-hybridized carbons (Fsp3) is 0.0400. The highest BCUT2D eigenvalue weighted by molar-refractivity contribution is 7.18. The van der Waals surface area contributed by atoms with E-state index in [1.807, 2.05) is 42.5 Å². The minimum Gasteiger partial charge on any atom is -1.00 e. The Kier molecular flexibility index (Phi) is 5.98. The van der Waals surface area contributed by atoms with E-state index in [2.05, 4.69) is 10.6 Å². The molecule has 3 aromatic carbocycles. The lowest BCUT2D eigenvalue weighted by Crippen LogP contribution is -3.00. The van der Waals surface area contributed by atoms with E-state index in [9.17, 15) is 9.18 Å². The summed E-state index contributed by atoms with van der Waals surface area (Å²) in [6.07, 6.45) is 5.20. The highest BCUT2D eigenvalue weighted by Crippen LogP contribution is 2.23. The van der Waals surface area contributed by atoms with Gasteiger partial charge < -0.3 is 16.8 Å². The summed E-state index contributed by atoms with van der Waals surface area (Å²) in [6, 6.07) is 21.9. The Bertz CT molecular complexity index is 1470. The second-order valence-corrected chi connectivity index (χ2v) is 8.04. The van der Waals surface area contributed by atoms with Crippen molar-refractivity contribution in [3.63, 3.8) is 0 Å². The predicted octanol–water partition coefficient (Wildman–Crippen LogP) is 2.66. The van der Waals surface area contributed by atoms with Crippen LogP contribution in [0.1, 0.15) is 16.1 Å². The second-order valence-electron chi connectivity index (χ2n) is 6.97. The monoisotopic (exact) mass is 449 g/mol. The largest absolute Gasteiger partial charge is 1.00 e. The smallest absolute Gasteiger partial charge is 0.263 e. The van der Waals surface area contributed by atoms with Crippen LogP contribution in [-0.2, 0) is 6.54 Å². The Morgan fingerprint density at radius 2 is 1.77 bits per heavy atom. The molecule has 0 aliphatic rings. The van der Waals surface area contributed by atoms with Gasteiger partial charge in [0.2, 0.25) is 5.52 Å². The van der Waals surface area contributed by atoms with Crippen LogP contribution < -0.4 is 22.4 Å². The van der Waals surface area contributed by atoms with E-state index in [0.717, 1.165) is 20.8 Å². The highest BCUT2D eigenvalue weighted by Gasteiger charge is 2.19. The maximum atomic E-state index is 13.7. The van der Waals surface area contributed by atoms with Crippen molar-refractivity contribution in [3.8, 4) is 0 Å². The molecule has 0 fully saturated rings. The summed E-state index contributed by atoms with van der Waals surface area (Å²) < 4.78 is 22.6. The van der Waals surface area contributed by atoms with Crippen LogP contribution in [0.2, 0.25) is 0 Å². The fourth-order valence-corrected chi connectivity index (χ4v) is 4.59. The molecule has 0 unspecified atom stereocenters. The number of hydrogen-bond donors (Lipinski definition) is 0. The molecule has 5 rings (SSSR count). The number of hydrogen-bond acceptors (Lipinski definition) is 3. The molecular formula is C25H17ClFNO2S. The Labute approximate surface area is 188 Å². The SMILES string of the molecule is O=c1c(/C=C/c2sc3ccccc3[n+]2Cc2cccc(F)c2)coc2ccccc12.[Cl-]. The lowest BCUT2D eigenvalue weighted by molar-refractivity contribution is -0.659. The zero-order valence-corrected chi connectivity index (χ0v) is 17.9. The molecule has 6 heteroatoms. The van der Waals surface area contributed by atoms with E-state index in [0.29, 0.717) is 23.1 Å². The second kappa shape index (κ2) is 8.84. The van der Waals surface area contributed by atoms with E-state index in [1.165, 1.54) is 12.3 Å². The number of para-hydroxylation sites is 2. The third-order valence-electron chi connectivity index (χ3n) is 4.98. The number of nitrogens with zero attached hydrogens (tertiary/aromatic N) is 1. The van der Waals surface area contributed by atoms with Crippen molar-refractivity contribution < 1.29 is 25.8 Å². The summed E-state index contributed by atoms with van der Waals surface area (Å²) in [6.45, 7) is 0.535. The summed E-state index contributed by atoms with van der Waals surface area (Å²) in [5.41, 5.74) is 2.94. The van der Waals surface area contributed by atoms with Gasteiger partial charge in [-0.05, 0) is 36.4 Å². The molecule has 3 nitrogen and oxygen atoms in total. The zero-order chi connectivity index (χ0) is 20.5. The Morgan fingerprint density at radius 1 is 0.968 bits per heavy atom. The van der Waals surface area contributed by atoms with Crippen LogP contribution in [0.3, 0.4) is 0 Å². The molecule has 31 heavy (non-hydrogen) atoms. The van der Waals surface area contributed by atoms with Crippen molar-refractivity contribution in [1.29, 1.82) is 0 Å². The quantitative estimate of drug-likeness (QED) is 0.395. The molecule has 0 radical (unpaired) electrons. The fourth-order valence-electron chi connectivity index (χ4n) is 3.53. The molecule has 154 valence electrons. The van der Waals surface area contributed by atoms with Crippen molar-refractivity contribution in [2.75, 3.05) is 0 Å². The number of fused-ring (bicyclic) bond motifs is 2. The molecular weight excluding hydrogens is 433 g/mol. The van der Waals surface area contributed by atoms with Crippen molar-refractivity contribution in [2.45, 2.75) is 6.54 Å². The van der Waals surface area contributed by atoms with Gasteiger partial charge in [0.1, 0.15) is 22.4 Å². The van der Waals surface area contributed by atoms with Gasteiger partial charge in [0.15, 0.2) is 12.0 Å². The zero-order valence-electron chi connectivity index (χ0n) is 16.3. The Morgan fingerprint density at radius 3 is 2.65 bits per heavy atom. The first-order chi connectivity index (χ1) is 14.7. The third-order valence-corrected chi connectivity index (χ3v) is 6.11. The van der Waals surface area contributed by atoms with Crippen molar-refractivity contribution in [1.82, 2.24) is 0 Å². The third kappa shape index (κ3) is 4.15. The summed E-state index contributed by atoms with van der Waals surface area (Å²) in [5.74, 6) is -0.251. The summed E-state index contributed by atoms with van der Waals surface area (Å²) in [7, 11) is 0. The molecule has 0 aliphatic heterocycles. The first-order valence-electron chi connectivity index (χ1n) is 9.53. The number of thiazole rings is 1. The van der Waals surface area contributed by atoms with Gasteiger partial charge in [-0.3, -0.25) is 4.79 Å². The van der Waals surface area contributed by atoms with E-state index < -0.39 is 0 Å². The summed E-state index contributed by atoms with van der Waals surface area (Å²) in [4.78, 5) is 12.8. The molecule has 0 amide bonds. The molecule has 0 bridgehead atoms. The van der Waals surface area contributed by atoms with Crippen LogP contribution in [-0.4, -0.2) is 0 Å². The molecule has 0 spiro atoms. The van der Waals surface area contributed by atoms with Crippen LogP contribution >= 0.6 is 11.3 Å². The standard InChI is InChI=1S/C25H17FNO2S.ClH/c26-19-7-5-6-17(14-19)15-27-21-9-2-4-11-23(21)30-24(27)13-12-18-16-29-22-10-3-1-8-20(22)25(18)28;/h1-14,16H,15H2;1H/q+1;/p-1/b13-12+;. The lowest BCUT2D eigenvalue weighted by atomic mass is 10.1. The van der Waals surface area contributed by atoms with E-state index >= 15 is 0 Å². The number of rotatable bonds is 4. The van der Waals surface area contributed by atoms with Gasteiger partial charge in [-0.25, -0.2) is 4.39 Å². The minimum atomic E-state index is -0.251. The van der Waals surface area contributed by atoms with Gasteiger partial charge in [0.25, 0.3) is 5.01 Å². The van der Waals surface area contributed by atoms with Gasteiger partial charge in [0, 0.05) is 17.7 Å². The van der Waals surface area contributed by atoms with Crippen LogP contribution in [0.4, 0.5) is 4.39 Å². The molecule has 0 saturated heterocycles. The molecule has 0 saturated carbocycles. The Balaban J connectivity index is 0.00000231. The summed E-state index contributed by atoms with van der Waals surface area (Å²) in [5, 5.41) is 1.52. The van der Waals surface area contributed by atoms with E-state index in [4.69, 9.17) is 4.42 Å². The van der Waals surface area contributed by atoms with Gasteiger partial charge in [-0.15, -0.1) is 0 Å². The molecule has 0 N–H and O–H groups in total. The average Bonchev–Trinajstić information content (AvgIpc) is 3.11. The number of aromatic nitrogens is 1. The lowest BCUT2D eigenvalue weighted by Gasteiger charge is -1.99. The maximum absolute atomic E-state index is 13.7. The predicted molar refractivity (Wildman–Crippen MR) is 119 cm³/mol. The molecule has 5 aromatic rings. The van der Waals surface area contributed by atoms with Crippen LogP contribution in [0.15, 0.2) is 88.3 Å². The van der Waals surface area contributed by atoms with Crippen molar-refractivity contribution in [3.05, 3.63) is 111 Å². The van der Waals surface area contributed by atoms with Crippen molar-refractivity contribution >= 4 is 44.7 Å². The summed E-state index contributed by atoms with van der Waals surface area (Å²) >= 11 is 1.63. The van der Waals surface area contributed by atoms with Gasteiger partial charge >= 0.3 is 0 Å². The van der Waals surface area contributed by atoms with E-state index in [-0.39, 0.29) is 23.7 Å². The van der Waals surface area contributed by atoms with E-state index in [1.54, 1.807) is 41.7 Å². The number of halogens is 2. The van der Waals surface area contributed by atoms with Gasteiger partial charge in [-0.2, -0.15) is 4.57 Å². The molecule has 0 aliphatic carbocycles. The minimum absolute atomic E-state index is 0. The first kappa shape index (κ1) is 21.0. The van der Waals surface area contributed by atoms with Gasteiger partial charge in [0.05, 0.1) is 10.9 Å². The van der Waals surface area contributed by atoms with Gasteiger partial charge in [-0.1, -0.05) is 47.7 Å². The molecule has 2 heterocycles. The first-order valence-corrected chi connectivity index (χ1v) is 10.4. The van der Waals surface area contributed by atoms with Crippen molar-refractivity contribution in [2.24, 2.45) is 0 Å². The normalized spacial score (nSPS) is 11.3. The topological polar surface area (TPSA) is 34.1 Å². The average molecular weight is 450 g/mol. The molecule has 2 aromatic heterocycles. The maximum Gasteiger partial charge on any atom is 0.263 e. The van der Waals surface area contributed by atoms with Crippen LogP contribution in [0.5, 0.6) is 0 Å². The highest BCUT2D eigenvalue weighted by atomic mass is 35.5. The Hall–Kier alpha value is -3.28. The molecule has 0 atom stereocenters. The van der Waals surface area contributed by atoms with Crippen LogP contribution in [0, 0.1) is 5.82 Å².